The van der Waals surface area contributed by atoms with E-state index in [0.29, 0.717) is 23.3 Å². The smallest absolute Gasteiger partial charge is 0.340 e. The lowest BCUT2D eigenvalue weighted by atomic mass is 9.97. The summed E-state index contributed by atoms with van der Waals surface area (Å²) < 4.78 is 33.5. The molecule has 172 valence electrons. The third-order valence-electron chi connectivity index (χ3n) is 5.38. The Balaban J connectivity index is 1.98. The van der Waals surface area contributed by atoms with Gasteiger partial charge in [-0.15, -0.1) is 0 Å². The number of benzene rings is 2. The van der Waals surface area contributed by atoms with Gasteiger partial charge in [-0.3, -0.25) is 4.72 Å². The second kappa shape index (κ2) is 10.0. The van der Waals surface area contributed by atoms with Crippen molar-refractivity contribution in [2.75, 3.05) is 18.8 Å². The summed E-state index contributed by atoms with van der Waals surface area (Å²) in [4.78, 5) is 12.9. The highest BCUT2D eigenvalue weighted by Gasteiger charge is 2.15. The zero-order chi connectivity index (χ0) is 24.2. The van der Waals surface area contributed by atoms with Gasteiger partial charge in [0, 0.05) is 31.5 Å². The Morgan fingerprint density at radius 3 is 2.61 bits per heavy atom. The molecule has 0 atom stereocenters. The summed E-state index contributed by atoms with van der Waals surface area (Å²) >= 11 is 0. The summed E-state index contributed by atoms with van der Waals surface area (Å²) in [5.74, 6) is 0. The van der Waals surface area contributed by atoms with Crippen LogP contribution in [0.15, 0.2) is 82.6 Å². The molecule has 1 aromatic heterocycles. The van der Waals surface area contributed by atoms with Crippen LogP contribution in [0.25, 0.3) is 16.5 Å². The van der Waals surface area contributed by atoms with Crippen molar-refractivity contribution in [2.24, 2.45) is 0 Å². The van der Waals surface area contributed by atoms with Crippen LogP contribution in [0, 0.1) is 6.92 Å². The van der Waals surface area contributed by atoms with Crippen molar-refractivity contribution in [1.82, 2.24) is 4.31 Å². The third kappa shape index (κ3) is 5.50. The van der Waals surface area contributed by atoms with Gasteiger partial charge < -0.3 is 4.42 Å². The number of allylic oxidation sites excluding steroid dienone is 5. The van der Waals surface area contributed by atoms with Crippen LogP contribution in [0.4, 0.5) is 5.69 Å². The van der Waals surface area contributed by atoms with Crippen molar-refractivity contribution in [3.8, 4) is 0 Å². The Hall–Kier alpha value is -3.42. The first kappa shape index (κ1) is 24.2. The van der Waals surface area contributed by atoms with Crippen molar-refractivity contribution in [3.63, 3.8) is 0 Å². The Labute approximate surface area is 194 Å². The quantitative estimate of drug-likeness (QED) is 0.373. The maximum atomic E-state index is 12.9. The molecule has 0 bridgehead atoms. The number of hydrogen-bond acceptors (Lipinski definition) is 4. The monoisotopic (exact) mass is 464 g/mol. The third-order valence-corrected chi connectivity index (χ3v) is 6.83. The summed E-state index contributed by atoms with van der Waals surface area (Å²) in [6, 6.07) is 12.8. The molecular weight excluding hydrogens is 436 g/mol. The van der Waals surface area contributed by atoms with Gasteiger partial charge in [0.15, 0.2) is 0 Å². The maximum Gasteiger partial charge on any atom is 0.340 e. The number of aryl methyl sites for hydroxylation is 1. The molecule has 1 heterocycles. The molecule has 0 radical (unpaired) electrons. The van der Waals surface area contributed by atoms with Gasteiger partial charge in [-0.05, 0) is 54.3 Å². The van der Waals surface area contributed by atoms with E-state index < -0.39 is 15.8 Å². The van der Waals surface area contributed by atoms with Crippen molar-refractivity contribution >= 4 is 32.4 Å². The fourth-order valence-corrected chi connectivity index (χ4v) is 4.11. The van der Waals surface area contributed by atoms with Crippen LogP contribution in [0.5, 0.6) is 0 Å². The number of hydrogen-bond donors (Lipinski definition) is 1. The molecule has 0 spiro atoms. The van der Waals surface area contributed by atoms with Gasteiger partial charge in [-0.25, -0.2) is 4.79 Å². The minimum Gasteiger partial charge on any atom is -0.422 e. The molecule has 0 saturated carbocycles. The molecule has 0 unspecified atom stereocenters. The van der Waals surface area contributed by atoms with Gasteiger partial charge >= 0.3 is 15.8 Å². The van der Waals surface area contributed by atoms with E-state index in [1.165, 1.54) is 14.1 Å². The minimum atomic E-state index is -3.62. The lowest BCUT2D eigenvalue weighted by Crippen LogP contribution is -2.28. The predicted octanol–water partition coefficient (Wildman–Crippen LogP) is 5.06. The topological polar surface area (TPSA) is 79.6 Å². The molecule has 0 saturated heterocycles. The van der Waals surface area contributed by atoms with Gasteiger partial charge in [-0.1, -0.05) is 55.1 Å². The van der Waals surface area contributed by atoms with E-state index >= 15 is 0 Å². The molecule has 2 aromatic carbocycles. The number of fused-ring (bicyclic) bond motifs is 1. The van der Waals surface area contributed by atoms with Crippen molar-refractivity contribution in [1.29, 1.82) is 0 Å². The molecule has 1 N–H and O–H groups in total. The molecule has 0 aliphatic rings. The van der Waals surface area contributed by atoms with E-state index in [-0.39, 0.29) is 0 Å². The van der Waals surface area contributed by atoms with Gasteiger partial charge in [0.25, 0.3) is 0 Å². The van der Waals surface area contributed by atoms with Gasteiger partial charge in [0.2, 0.25) is 0 Å². The molecule has 0 aliphatic carbocycles. The molecule has 3 aromatic rings. The van der Waals surface area contributed by atoms with Crippen LogP contribution >= 0.6 is 0 Å². The van der Waals surface area contributed by atoms with Crippen molar-refractivity contribution in [3.05, 3.63) is 106 Å². The minimum absolute atomic E-state index is 0.325. The number of nitrogens with one attached hydrogen (secondary N) is 1. The molecule has 0 amide bonds. The lowest BCUT2D eigenvalue weighted by molar-refractivity contribution is 0.527. The molecule has 7 heteroatoms. The van der Waals surface area contributed by atoms with Gasteiger partial charge in [0.1, 0.15) is 5.58 Å². The summed E-state index contributed by atoms with van der Waals surface area (Å²) in [5, 5.41) is 0.862. The predicted molar refractivity (Wildman–Crippen MR) is 136 cm³/mol. The first-order valence-corrected chi connectivity index (χ1v) is 11.9. The average Bonchev–Trinajstić information content (AvgIpc) is 2.77. The summed E-state index contributed by atoms with van der Waals surface area (Å²) in [6.07, 6.45) is 7.83. The molecule has 0 fully saturated rings. The molecule has 33 heavy (non-hydrogen) atoms. The molecule has 6 nitrogen and oxygen atoms in total. The number of nitrogens with zero attached hydrogens (tertiary/aromatic N) is 1. The van der Waals surface area contributed by atoms with Crippen LogP contribution in [0.3, 0.4) is 0 Å². The SMILES string of the molecule is C=C/C=C\C(=C/C)c1ccc2c(C)c(Cc3cccc(NS(=O)(=O)N(C)C)c3)c(=O)oc2c1. The zero-order valence-electron chi connectivity index (χ0n) is 19.3. The largest absolute Gasteiger partial charge is 0.422 e. The highest BCUT2D eigenvalue weighted by atomic mass is 32.2. The second-order valence-electron chi connectivity index (χ2n) is 7.81. The zero-order valence-corrected chi connectivity index (χ0v) is 20.1. The van der Waals surface area contributed by atoms with E-state index in [2.05, 4.69) is 11.3 Å². The summed E-state index contributed by atoms with van der Waals surface area (Å²) in [5.41, 5.74) is 4.68. The first-order valence-electron chi connectivity index (χ1n) is 10.5. The van der Waals surface area contributed by atoms with E-state index in [1.54, 1.807) is 24.3 Å². The summed E-state index contributed by atoms with van der Waals surface area (Å²) in [6.45, 7) is 7.55. The molecular formula is C26H28N2O4S. The Morgan fingerprint density at radius 2 is 1.94 bits per heavy atom. The van der Waals surface area contributed by atoms with Crippen molar-refractivity contribution < 1.29 is 12.8 Å². The molecule has 3 rings (SSSR count). The van der Waals surface area contributed by atoms with E-state index in [4.69, 9.17) is 4.42 Å². The van der Waals surface area contributed by atoms with E-state index in [0.717, 1.165) is 32.0 Å². The number of rotatable bonds is 8. The average molecular weight is 465 g/mol. The van der Waals surface area contributed by atoms with Crippen LogP contribution in [-0.4, -0.2) is 26.8 Å². The lowest BCUT2D eigenvalue weighted by Gasteiger charge is -2.14. The van der Waals surface area contributed by atoms with Crippen LogP contribution in [-0.2, 0) is 16.6 Å². The highest BCUT2D eigenvalue weighted by Crippen LogP contribution is 2.26. The molecule has 0 aliphatic heterocycles. The Morgan fingerprint density at radius 1 is 1.18 bits per heavy atom. The second-order valence-corrected chi connectivity index (χ2v) is 9.69. The fourth-order valence-electron chi connectivity index (χ4n) is 3.50. The van der Waals surface area contributed by atoms with E-state index in [9.17, 15) is 13.2 Å². The van der Waals surface area contributed by atoms with Gasteiger partial charge in [-0.2, -0.15) is 12.7 Å². The van der Waals surface area contributed by atoms with Crippen LogP contribution in [0.2, 0.25) is 0 Å². The Bertz CT molecular complexity index is 1410. The highest BCUT2D eigenvalue weighted by molar-refractivity contribution is 7.90. The first-order chi connectivity index (χ1) is 15.7. The van der Waals surface area contributed by atoms with Gasteiger partial charge in [0.05, 0.1) is 5.69 Å². The number of anilines is 1. The standard InChI is InChI=1S/C26H28N2O4S/c1-6-8-11-20(7-2)21-13-14-23-18(3)24(26(29)32-25(23)17-21)16-19-10-9-12-22(15-19)27-33(30,31)28(4)5/h6-15,17,27H,1,16H2,2-5H3/b11-8-,20-7+. The van der Waals surface area contributed by atoms with E-state index in [1.807, 2.05) is 56.3 Å². The van der Waals surface area contributed by atoms with Crippen LogP contribution in [0.1, 0.15) is 29.2 Å². The Kier molecular flexibility index (Phi) is 7.36. The summed E-state index contributed by atoms with van der Waals surface area (Å²) in [7, 11) is -0.708. The normalized spacial score (nSPS) is 12.6. The van der Waals surface area contributed by atoms with Crippen LogP contribution < -0.4 is 10.3 Å². The van der Waals surface area contributed by atoms with Crippen molar-refractivity contribution in [2.45, 2.75) is 20.3 Å². The fraction of sp³-hybridized carbons (Fsp3) is 0.192. The maximum absolute atomic E-state index is 12.9.